The number of fused-ring (bicyclic) bond motifs is 1. The molecule has 0 saturated heterocycles. The Morgan fingerprint density at radius 2 is 1.76 bits per heavy atom. The Morgan fingerprint density at radius 1 is 1.03 bits per heavy atom. The fourth-order valence-corrected chi connectivity index (χ4v) is 4.18. The first-order valence-corrected chi connectivity index (χ1v) is 10.1. The summed E-state index contributed by atoms with van der Waals surface area (Å²) in [4.78, 5) is 11.6. The lowest BCUT2D eigenvalue weighted by Crippen LogP contribution is -2.43. The normalized spacial score (nSPS) is 17.0. The molecule has 2 aliphatic rings. The molecule has 1 aromatic heterocycles. The second-order valence-corrected chi connectivity index (χ2v) is 8.10. The number of rotatable bonds is 3. The molecule has 0 spiro atoms. The van der Waals surface area contributed by atoms with Crippen molar-refractivity contribution < 1.29 is 0 Å². The molecule has 3 N–H and O–H groups in total. The standard InChI is InChI=1S/C23H26N6/c1-28(2)21-19-22(26-15-25-21)29(20(27-19)16-7-4-3-5-8-16)18-11-9-17(10-12-18)23(24)13-6-14-23/h3-5,7-12,26H,6,13-15,24H2,1-2H3. The first kappa shape index (κ1) is 17.9. The fourth-order valence-electron chi connectivity index (χ4n) is 4.18. The minimum absolute atomic E-state index is 0.155. The summed E-state index contributed by atoms with van der Waals surface area (Å²) in [5.41, 5.74) is 10.6. The van der Waals surface area contributed by atoms with Crippen LogP contribution in [-0.4, -0.2) is 41.1 Å². The van der Waals surface area contributed by atoms with Gasteiger partial charge in [0.15, 0.2) is 5.84 Å². The smallest absolute Gasteiger partial charge is 0.155 e. The molecule has 2 aromatic carbocycles. The van der Waals surface area contributed by atoms with Gasteiger partial charge in [0.25, 0.3) is 0 Å². The molecule has 2 heterocycles. The predicted molar refractivity (Wildman–Crippen MR) is 117 cm³/mol. The lowest BCUT2D eigenvalue weighted by Gasteiger charge is -2.38. The molecule has 0 radical (unpaired) electrons. The highest BCUT2D eigenvalue weighted by molar-refractivity contribution is 6.03. The first-order chi connectivity index (χ1) is 14.1. The first-order valence-electron chi connectivity index (χ1n) is 10.1. The second kappa shape index (κ2) is 6.74. The van der Waals surface area contributed by atoms with Crippen molar-refractivity contribution >= 4 is 11.7 Å². The highest BCUT2D eigenvalue weighted by Crippen LogP contribution is 2.39. The van der Waals surface area contributed by atoms with Crippen LogP contribution in [0.5, 0.6) is 0 Å². The number of aromatic nitrogens is 2. The highest BCUT2D eigenvalue weighted by Gasteiger charge is 2.34. The van der Waals surface area contributed by atoms with Gasteiger partial charge in [-0.05, 0) is 37.0 Å². The van der Waals surface area contributed by atoms with Crippen molar-refractivity contribution in [1.29, 1.82) is 0 Å². The Labute approximate surface area is 171 Å². The van der Waals surface area contributed by atoms with Crippen LogP contribution in [-0.2, 0) is 5.54 Å². The van der Waals surface area contributed by atoms with Crippen molar-refractivity contribution in [3.05, 3.63) is 65.9 Å². The van der Waals surface area contributed by atoms with E-state index in [4.69, 9.17) is 10.7 Å². The molecular weight excluding hydrogens is 360 g/mol. The molecule has 0 atom stereocenters. The Bertz CT molecular complexity index is 1060. The van der Waals surface area contributed by atoms with E-state index in [2.05, 4.69) is 51.3 Å². The van der Waals surface area contributed by atoms with Gasteiger partial charge in [-0.1, -0.05) is 42.5 Å². The monoisotopic (exact) mass is 386 g/mol. The van der Waals surface area contributed by atoms with E-state index in [1.54, 1.807) is 0 Å². The molecule has 1 aliphatic heterocycles. The third-order valence-electron chi connectivity index (χ3n) is 5.97. The maximum absolute atomic E-state index is 6.52. The molecule has 148 valence electrons. The van der Waals surface area contributed by atoms with Crippen LogP contribution in [0.1, 0.15) is 30.5 Å². The topological polar surface area (TPSA) is 71.5 Å². The molecule has 0 bridgehead atoms. The minimum atomic E-state index is -0.155. The van der Waals surface area contributed by atoms with Crippen molar-refractivity contribution in [3.63, 3.8) is 0 Å². The van der Waals surface area contributed by atoms with Crippen LogP contribution in [0.3, 0.4) is 0 Å². The summed E-state index contributed by atoms with van der Waals surface area (Å²) >= 11 is 0. The average Bonchev–Trinajstić information content (AvgIpc) is 3.12. The lowest BCUT2D eigenvalue weighted by molar-refractivity contribution is 0.253. The van der Waals surface area contributed by atoms with Crippen LogP contribution in [0, 0.1) is 0 Å². The predicted octanol–water partition coefficient (Wildman–Crippen LogP) is 3.57. The summed E-state index contributed by atoms with van der Waals surface area (Å²) in [5, 5.41) is 3.43. The quantitative estimate of drug-likeness (QED) is 0.722. The van der Waals surface area contributed by atoms with E-state index in [0.717, 1.165) is 47.3 Å². The average molecular weight is 387 g/mol. The van der Waals surface area contributed by atoms with E-state index >= 15 is 0 Å². The van der Waals surface area contributed by atoms with Gasteiger partial charge >= 0.3 is 0 Å². The number of hydrogen-bond acceptors (Lipinski definition) is 5. The second-order valence-electron chi connectivity index (χ2n) is 8.10. The van der Waals surface area contributed by atoms with Gasteiger partial charge in [0.1, 0.15) is 24.0 Å². The molecule has 6 nitrogen and oxygen atoms in total. The summed E-state index contributed by atoms with van der Waals surface area (Å²) in [5.74, 6) is 2.77. The Kier molecular flexibility index (Phi) is 4.17. The van der Waals surface area contributed by atoms with Crippen LogP contribution in [0.4, 0.5) is 5.82 Å². The van der Waals surface area contributed by atoms with Crippen LogP contribution in [0.15, 0.2) is 59.6 Å². The van der Waals surface area contributed by atoms with Gasteiger partial charge in [0.05, 0.1) is 0 Å². The number of benzene rings is 2. The number of anilines is 1. The molecule has 6 heteroatoms. The number of hydrogen-bond donors (Lipinski definition) is 2. The van der Waals surface area contributed by atoms with Crippen molar-refractivity contribution in [2.75, 3.05) is 26.1 Å². The largest absolute Gasteiger partial charge is 0.361 e. The third-order valence-corrected chi connectivity index (χ3v) is 5.97. The third kappa shape index (κ3) is 2.91. The minimum Gasteiger partial charge on any atom is -0.361 e. The molecule has 1 saturated carbocycles. The SMILES string of the molecule is CN(C)C1=NCNc2c1nc(-c1ccccc1)n2-c1ccc(C2(N)CCC2)cc1. The van der Waals surface area contributed by atoms with Gasteiger partial charge in [0.2, 0.25) is 0 Å². The number of aliphatic imine (C=N–C) groups is 1. The Hall–Kier alpha value is -3.12. The number of imidazole rings is 1. The van der Waals surface area contributed by atoms with E-state index in [1.807, 2.05) is 37.2 Å². The maximum atomic E-state index is 6.52. The highest BCUT2D eigenvalue weighted by atomic mass is 15.3. The van der Waals surface area contributed by atoms with Gasteiger partial charge in [-0.25, -0.2) is 9.98 Å². The lowest BCUT2D eigenvalue weighted by atomic mass is 9.73. The molecule has 0 amide bonds. The van der Waals surface area contributed by atoms with Crippen LogP contribution in [0.25, 0.3) is 17.1 Å². The van der Waals surface area contributed by atoms with Crippen molar-refractivity contribution in [2.45, 2.75) is 24.8 Å². The van der Waals surface area contributed by atoms with Gasteiger partial charge in [-0.2, -0.15) is 0 Å². The number of nitrogens with one attached hydrogen (secondary N) is 1. The van der Waals surface area contributed by atoms with E-state index in [1.165, 1.54) is 12.0 Å². The van der Waals surface area contributed by atoms with E-state index in [9.17, 15) is 0 Å². The van der Waals surface area contributed by atoms with Crippen LogP contribution < -0.4 is 11.1 Å². The molecule has 1 fully saturated rings. The zero-order chi connectivity index (χ0) is 20.0. The van der Waals surface area contributed by atoms with Crippen LogP contribution in [0.2, 0.25) is 0 Å². The molecule has 0 unspecified atom stereocenters. The molecular formula is C23H26N6. The van der Waals surface area contributed by atoms with Crippen molar-refractivity contribution in [2.24, 2.45) is 10.7 Å². The molecule has 1 aliphatic carbocycles. The van der Waals surface area contributed by atoms with E-state index in [0.29, 0.717) is 6.67 Å². The molecule has 3 aromatic rings. The summed E-state index contributed by atoms with van der Waals surface area (Å²) in [6.07, 6.45) is 3.33. The Balaban J connectivity index is 1.66. The summed E-state index contributed by atoms with van der Waals surface area (Å²) < 4.78 is 2.19. The fraction of sp³-hybridized carbons (Fsp3) is 0.304. The summed E-state index contributed by atoms with van der Waals surface area (Å²) in [7, 11) is 4.01. The van der Waals surface area contributed by atoms with Gasteiger partial charge in [0, 0.05) is 30.9 Å². The number of nitrogens with zero attached hydrogens (tertiary/aromatic N) is 4. The van der Waals surface area contributed by atoms with E-state index in [-0.39, 0.29) is 5.54 Å². The zero-order valence-electron chi connectivity index (χ0n) is 16.9. The van der Waals surface area contributed by atoms with Gasteiger partial charge < -0.3 is 16.0 Å². The summed E-state index contributed by atoms with van der Waals surface area (Å²) in [6, 6.07) is 18.9. The maximum Gasteiger partial charge on any atom is 0.155 e. The Morgan fingerprint density at radius 3 is 2.38 bits per heavy atom. The van der Waals surface area contributed by atoms with E-state index < -0.39 is 0 Å². The van der Waals surface area contributed by atoms with Crippen molar-refractivity contribution in [1.82, 2.24) is 14.5 Å². The van der Waals surface area contributed by atoms with Gasteiger partial charge in [-0.15, -0.1) is 0 Å². The van der Waals surface area contributed by atoms with Crippen molar-refractivity contribution in [3.8, 4) is 17.1 Å². The zero-order valence-corrected chi connectivity index (χ0v) is 16.9. The molecule has 5 rings (SSSR count). The number of nitrogens with two attached hydrogens (primary N) is 1. The summed E-state index contributed by atoms with van der Waals surface area (Å²) in [6.45, 7) is 0.532. The van der Waals surface area contributed by atoms with Gasteiger partial charge in [-0.3, -0.25) is 4.57 Å². The van der Waals surface area contributed by atoms with Crippen LogP contribution >= 0.6 is 0 Å². The number of amidine groups is 1. The molecule has 29 heavy (non-hydrogen) atoms.